The summed E-state index contributed by atoms with van der Waals surface area (Å²) >= 11 is 0. The summed E-state index contributed by atoms with van der Waals surface area (Å²) in [6, 6.07) is 17.0. The summed E-state index contributed by atoms with van der Waals surface area (Å²) in [5, 5.41) is 0. The molecular formula is C19H22O2. The third-order valence-corrected chi connectivity index (χ3v) is 3.70. The van der Waals surface area contributed by atoms with Crippen LogP contribution in [0.2, 0.25) is 0 Å². The average Bonchev–Trinajstić information content (AvgIpc) is 2.54. The molecule has 0 amide bonds. The molecule has 0 fully saturated rings. The largest absolute Gasteiger partial charge is 0.423 e. The first-order valence-electron chi connectivity index (χ1n) is 7.62. The van der Waals surface area contributed by atoms with Crippen molar-refractivity contribution >= 4 is 5.97 Å². The highest BCUT2D eigenvalue weighted by Gasteiger charge is 2.16. The van der Waals surface area contributed by atoms with E-state index in [9.17, 15) is 4.79 Å². The zero-order valence-electron chi connectivity index (χ0n) is 12.7. The fourth-order valence-corrected chi connectivity index (χ4v) is 2.57. The minimum Gasteiger partial charge on any atom is -0.423 e. The zero-order chi connectivity index (χ0) is 15.1. The van der Waals surface area contributed by atoms with Gasteiger partial charge in [0.25, 0.3) is 0 Å². The summed E-state index contributed by atoms with van der Waals surface area (Å²) in [7, 11) is 0. The molecule has 0 radical (unpaired) electrons. The van der Waals surface area contributed by atoms with Crippen molar-refractivity contribution in [3.63, 3.8) is 0 Å². The fraction of sp³-hybridized carbons (Fsp3) is 0.316. The predicted molar refractivity (Wildman–Crippen MR) is 85.8 cm³/mol. The van der Waals surface area contributed by atoms with E-state index in [1.54, 1.807) is 12.1 Å². The predicted octanol–water partition coefficient (Wildman–Crippen LogP) is 5.20. The van der Waals surface area contributed by atoms with Crippen molar-refractivity contribution in [3.8, 4) is 5.75 Å². The summed E-state index contributed by atoms with van der Waals surface area (Å²) in [6.07, 6.45) is 3.28. The molecule has 0 saturated carbocycles. The first-order valence-corrected chi connectivity index (χ1v) is 7.62. The molecule has 2 aromatic rings. The van der Waals surface area contributed by atoms with E-state index in [1.165, 1.54) is 0 Å². The Labute approximate surface area is 126 Å². The van der Waals surface area contributed by atoms with Crippen LogP contribution in [-0.2, 0) is 0 Å². The van der Waals surface area contributed by atoms with Crippen LogP contribution in [0, 0.1) is 0 Å². The molecule has 0 bridgehead atoms. The SMILES string of the molecule is CCCC(CC)c1ccccc1OC(=O)c1ccccc1. The molecule has 0 spiro atoms. The van der Waals surface area contributed by atoms with E-state index in [0.29, 0.717) is 17.2 Å². The van der Waals surface area contributed by atoms with Crippen LogP contribution in [0.25, 0.3) is 0 Å². The smallest absolute Gasteiger partial charge is 0.343 e. The van der Waals surface area contributed by atoms with Crippen molar-refractivity contribution < 1.29 is 9.53 Å². The van der Waals surface area contributed by atoms with Gasteiger partial charge in [-0.2, -0.15) is 0 Å². The van der Waals surface area contributed by atoms with Crippen LogP contribution in [-0.4, -0.2) is 5.97 Å². The van der Waals surface area contributed by atoms with Crippen molar-refractivity contribution in [2.45, 2.75) is 39.0 Å². The molecule has 0 aromatic heterocycles. The Bertz CT molecular complexity index is 575. The first-order chi connectivity index (χ1) is 10.3. The summed E-state index contributed by atoms with van der Waals surface area (Å²) in [5.41, 5.74) is 1.71. The quantitative estimate of drug-likeness (QED) is 0.537. The lowest BCUT2D eigenvalue weighted by molar-refractivity contribution is 0.0732. The van der Waals surface area contributed by atoms with Gasteiger partial charge in [0, 0.05) is 0 Å². The van der Waals surface area contributed by atoms with Crippen molar-refractivity contribution in [1.29, 1.82) is 0 Å². The molecular weight excluding hydrogens is 260 g/mol. The van der Waals surface area contributed by atoms with Gasteiger partial charge in [0.05, 0.1) is 5.56 Å². The number of esters is 1. The fourth-order valence-electron chi connectivity index (χ4n) is 2.57. The van der Waals surface area contributed by atoms with Crippen LogP contribution >= 0.6 is 0 Å². The molecule has 1 atom stereocenters. The van der Waals surface area contributed by atoms with Gasteiger partial charge in [-0.15, -0.1) is 0 Å². The summed E-state index contributed by atoms with van der Waals surface area (Å²) in [6.45, 7) is 4.36. The summed E-state index contributed by atoms with van der Waals surface area (Å²) < 4.78 is 5.62. The van der Waals surface area contributed by atoms with Crippen LogP contribution in [0.5, 0.6) is 5.75 Å². The van der Waals surface area contributed by atoms with Gasteiger partial charge in [0.2, 0.25) is 0 Å². The van der Waals surface area contributed by atoms with E-state index in [1.807, 2.05) is 36.4 Å². The van der Waals surface area contributed by atoms with Crippen molar-refractivity contribution in [2.75, 3.05) is 0 Å². The van der Waals surface area contributed by atoms with Gasteiger partial charge in [0.1, 0.15) is 5.75 Å². The lowest BCUT2D eigenvalue weighted by atomic mass is 9.91. The zero-order valence-corrected chi connectivity index (χ0v) is 12.7. The van der Waals surface area contributed by atoms with Crippen LogP contribution in [0.4, 0.5) is 0 Å². The molecule has 2 rings (SSSR count). The van der Waals surface area contributed by atoms with Gasteiger partial charge >= 0.3 is 5.97 Å². The Balaban J connectivity index is 2.22. The Morgan fingerprint density at radius 3 is 2.33 bits per heavy atom. The van der Waals surface area contributed by atoms with E-state index in [2.05, 4.69) is 19.9 Å². The first kappa shape index (κ1) is 15.3. The number of hydrogen-bond acceptors (Lipinski definition) is 2. The second kappa shape index (κ2) is 7.63. The van der Waals surface area contributed by atoms with Gasteiger partial charge in [-0.1, -0.05) is 56.7 Å². The number of hydrogen-bond donors (Lipinski definition) is 0. The summed E-state index contributed by atoms with van der Waals surface area (Å²) in [5.74, 6) is 0.829. The second-order valence-corrected chi connectivity index (χ2v) is 5.19. The average molecular weight is 282 g/mol. The molecule has 0 saturated heterocycles. The summed E-state index contributed by atoms with van der Waals surface area (Å²) in [4.78, 5) is 12.2. The van der Waals surface area contributed by atoms with Crippen LogP contribution < -0.4 is 4.74 Å². The van der Waals surface area contributed by atoms with Gasteiger partial charge in [-0.3, -0.25) is 0 Å². The molecule has 0 aliphatic heterocycles. The van der Waals surface area contributed by atoms with Gasteiger partial charge in [-0.05, 0) is 42.5 Å². The highest BCUT2D eigenvalue weighted by atomic mass is 16.5. The highest BCUT2D eigenvalue weighted by molar-refractivity contribution is 5.91. The van der Waals surface area contributed by atoms with Crippen molar-refractivity contribution in [2.24, 2.45) is 0 Å². The van der Waals surface area contributed by atoms with Crippen molar-refractivity contribution in [1.82, 2.24) is 0 Å². The van der Waals surface area contributed by atoms with Crippen molar-refractivity contribution in [3.05, 3.63) is 65.7 Å². The molecule has 110 valence electrons. The number of carbonyl (C=O) groups is 1. The normalized spacial score (nSPS) is 11.9. The van der Waals surface area contributed by atoms with Gasteiger partial charge < -0.3 is 4.74 Å². The maximum absolute atomic E-state index is 12.2. The Hall–Kier alpha value is -2.09. The third-order valence-electron chi connectivity index (χ3n) is 3.70. The molecule has 21 heavy (non-hydrogen) atoms. The number of rotatable bonds is 6. The lowest BCUT2D eigenvalue weighted by Crippen LogP contribution is -2.11. The Morgan fingerprint density at radius 1 is 1.00 bits per heavy atom. The minimum absolute atomic E-state index is 0.297. The third kappa shape index (κ3) is 3.94. The maximum Gasteiger partial charge on any atom is 0.343 e. The topological polar surface area (TPSA) is 26.3 Å². The number of benzene rings is 2. The maximum atomic E-state index is 12.2. The molecule has 2 heteroatoms. The molecule has 2 aromatic carbocycles. The van der Waals surface area contributed by atoms with Gasteiger partial charge in [0.15, 0.2) is 0 Å². The number of ether oxygens (including phenoxy) is 1. The van der Waals surface area contributed by atoms with Crippen LogP contribution in [0.3, 0.4) is 0 Å². The lowest BCUT2D eigenvalue weighted by Gasteiger charge is -2.18. The standard InChI is InChI=1S/C19H22O2/c1-3-10-15(4-2)17-13-8-9-14-18(17)21-19(20)16-11-6-5-7-12-16/h5-9,11-15H,3-4,10H2,1-2H3. The van der Waals surface area contributed by atoms with Gasteiger partial charge in [-0.25, -0.2) is 4.79 Å². The Morgan fingerprint density at radius 2 is 1.67 bits per heavy atom. The number of carbonyl (C=O) groups excluding carboxylic acids is 1. The van der Waals surface area contributed by atoms with E-state index in [4.69, 9.17) is 4.74 Å². The van der Waals surface area contributed by atoms with E-state index in [-0.39, 0.29) is 5.97 Å². The van der Waals surface area contributed by atoms with E-state index in [0.717, 1.165) is 24.8 Å². The highest BCUT2D eigenvalue weighted by Crippen LogP contribution is 2.32. The minimum atomic E-state index is -0.297. The second-order valence-electron chi connectivity index (χ2n) is 5.19. The van der Waals surface area contributed by atoms with Crippen LogP contribution in [0.15, 0.2) is 54.6 Å². The molecule has 0 aliphatic carbocycles. The molecule has 2 nitrogen and oxygen atoms in total. The molecule has 0 N–H and O–H groups in total. The molecule has 1 unspecified atom stereocenters. The Kier molecular flexibility index (Phi) is 5.56. The molecule has 0 heterocycles. The monoisotopic (exact) mass is 282 g/mol. The molecule has 0 aliphatic rings. The van der Waals surface area contributed by atoms with Crippen LogP contribution in [0.1, 0.15) is 54.9 Å². The van der Waals surface area contributed by atoms with E-state index >= 15 is 0 Å². The van der Waals surface area contributed by atoms with E-state index < -0.39 is 0 Å². The number of para-hydroxylation sites is 1.